The zero-order valence-electron chi connectivity index (χ0n) is 24.4. The minimum atomic E-state index is -0.416. The number of carbonyl (C=O) groups excluding carboxylic acids is 1. The number of methoxy groups -OCH3 is 3. The molecule has 1 fully saturated rings. The predicted octanol–water partition coefficient (Wildman–Crippen LogP) is 0.960. The van der Waals surface area contributed by atoms with E-state index in [4.69, 9.17) is 34.2 Å². The number of hydrogen-bond acceptors (Lipinski definition) is 15. The molecule has 2 aromatic heterocycles. The van der Waals surface area contributed by atoms with Crippen LogP contribution in [0.4, 0.5) is 17.6 Å². The van der Waals surface area contributed by atoms with E-state index in [2.05, 4.69) is 41.6 Å². The Bertz CT molecular complexity index is 1110. The van der Waals surface area contributed by atoms with Crippen LogP contribution < -0.4 is 25.4 Å². The number of ether oxygens (including phenoxy) is 6. The molecule has 0 unspecified atom stereocenters. The molecule has 1 amide bonds. The molecule has 42 heavy (non-hydrogen) atoms. The summed E-state index contributed by atoms with van der Waals surface area (Å²) in [5, 5.41) is 2.84. The normalized spacial score (nSPS) is 13.6. The van der Waals surface area contributed by atoms with Gasteiger partial charge in [0, 0.05) is 45.9 Å². The molecule has 0 atom stereocenters. The monoisotopic (exact) mass is 608 g/mol. The number of nitrogens with one attached hydrogen (secondary N) is 1. The van der Waals surface area contributed by atoms with Gasteiger partial charge in [0.1, 0.15) is 16.5 Å². The Morgan fingerprint density at radius 1 is 0.929 bits per heavy atom. The first kappa shape index (κ1) is 33.2. The molecule has 16 heteroatoms. The highest BCUT2D eigenvalue weighted by molar-refractivity contribution is 7.99. The number of nitrogen functional groups attached to an aromatic ring is 1. The van der Waals surface area contributed by atoms with Crippen molar-refractivity contribution < 1.29 is 33.2 Å². The van der Waals surface area contributed by atoms with Crippen molar-refractivity contribution >= 4 is 35.3 Å². The average Bonchev–Trinajstić information content (AvgIpc) is 2.99. The Labute approximate surface area is 250 Å². The summed E-state index contributed by atoms with van der Waals surface area (Å²) in [6.45, 7) is 11.3. The number of hydrogen-bond donors (Lipinski definition) is 2. The molecular formula is C26H40N8O7S. The first-order valence-electron chi connectivity index (χ1n) is 13.4. The predicted molar refractivity (Wildman–Crippen MR) is 158 cm³/mol. The van der Waals surface area contributed by atoms with Crippen molar-refractivity contribution in [3.05, 3.63) is 18.7 Å². The summed E-state index contributed by atoms with van der Waals surface area (Å²) >= 11 is 1.12. The van der Waals surface area contributed by atoms with E-state index in [0.717, 1.165) is 50.6 Å². The van der Waals surface area contributed by atoms with Gasteiger partial charge in [-0.3, -0.25) is 9.69 Å². The van der Waals surface area contributed by atoms with E-state index in [9.17, 15) is 4.79 Å². The summed E-state index contributed by atoms with van der Waals surface area (Å²) in [5.74, 6) is 1.12. The Morgan fingerprint density at radius 2 is 1.52 bits per heavy atom. The van der Waals surface area contributed by atoms with Gasteiger partial charge >= 0.3 is 0 Å². The molecule has 0 aromatic carbocycles. The maximum atomic E-state index is 11.7. The largest absolute Gasteiger partial charge is 0.480 e. The van der Waals surface area contributed by atoms with Gasteiger partial charge < -0.3 is 44.4 Å². The lowest BCUT2D eigenvalue weighted by molar-refractivity contribution is -0.111. The van der Waals surface area contributed by atoms with Crippen LogP contribution in [0, 0.1) is 0 Å². The summed E-state index contributed by atoms with van der Waals surface area (Å²) < 4.78 is 32.6. The number of rotatable bonds is 19. The fraction of sp³-hybridized carbons (Fsp3) is 0.577. The standard InChI is InChI=1S/C26H40N8O7S/c1-5-21(35)29-20-18-19(27)28-26(30-20)42-22-23(37-3)31-25(32-24(22)38-4)34-8-6-33(7-9-34)10-11-39-14-15-41-17-16-40-13-12-36-2/h5,18H,1,6-17H2,2-4H3,(H3,27,28,29,30,35). The third-order valence-corrected chi connectivity index (χ3v) is 6.84. The van der Waals surface area contributed by atoms with E-state index < -0.39 is 5.91 Å². The Balaban J connectivity index is 1.49. The SMILES string of the molecule is C=CC(=O)Nc1cc(N)nc(Sc2c(OC)nc(N3CCN(CCOCCOCCOCCOC)CC3)nc2OC)n1. The maximum Gasteiger partial charge on any atom is 0.248 e. The summed E-state index contributed by atoms with van der Waals surface area (Å²) in [5.41, 5.74) is 5.92. The third kappa shape index (κ3) is 10.8. The highest BCUT2D eigenvalue weighted by Gasteiger charge is 2.24. The van der Waals surface area contributed by atoms with Crippen molar-refractivity contribution in [1.29, 1.82) is 0 Å². The molecule has 3 N–H and O–H groups in total. The van der Waals surface area contributed by atoms with E-state index in [1.54, 1.807) is 7.11 Å². The number of aromatic nitrogens is 4. The fourth-order valence-corrected chi connectivity index (χ4v) is 4.69. The minimum Gasteiger partial charge on any atom is -0.480 e. The molecule has 2 aromatic rings. The number of carbonyl (C=O) groups is 1. The molecule has 0 aliphatic carbocycles. The van der Waals surface area contributed by atoms with Crippen LogP contribution in [0.5, 0.6) is 11.8 Å². The molecule has 0 radical (unpaired) electrons. The van der Waals surface area contributed by atoms with Crippen LogP contribution in [0.3, 0.4) is 0 Å². The molecule has 15 nitrogen and oxygen atoms in total. The van der Waals surface area contributed by atoms with E-state index >= 15 is 0 Å². The zero-order chi connectivity index (χ0) is 30.2. The van der Waals surface area contributed by atoms with Crippen molar-refractivity contribution in [3.8, 4) is 11.8 Å². The van der Waals surface area contributed by atoms with E-state index in [1.807, 2.05) is 0 Å². The van der Waals surface area contributed by atoms with Gasteiger partial charge in [-0.2, -0.15) is 9.97 Å². The van der Waals surface area contributed by atoms with Gasteiger partial charge in [-0.05, 0) is 17.8 Å². The minimum absolute atomic E-state index is 0.179. The van der Waals surface area contributed by atoms with Crippen LogP contribution >= 0.6 is 11.8 Å². The molecule has 0 bridgehead atoms. The number of piperazine rings is 1. The zero-order valence-corrected chi connectivity index (χ0v) is 25.2. The summed E-state index contributed by atoms with van der Waals surface area (Å²) in [6.07, 6.45) is 1.14. The molecule has 0 saturated carbocycles. The van der Waals surface area contributed by atoms with Crippen LogP contribution in [0.25, 0.3) is 0 Å². The third-order valence-electron chi connectivity index (χ3n) is 5.92. The Hall–Kier alpha value is -3.28. The second kappa shape index (κ2) is 18.3. The van der Waals surface area contributed by atoms with Crippen LogP contribution in [0.1, 0.15) is 0 Å². The first-order chi connectivity index (χ1) is 20.5. The smallest absolute Gasteiger partial charge is 0.248 e. The van der Waals surface area contributed by atoms with Crippen LogP contribution in [-0.4, -0.2) is 131 Å². The van der Waals surface area contributed by atoms with Gasteiger partial charge in [0.25, 0.3) is 0 Å². The number of anilines is 3. The Kier molecular flexibility index (Phi) is 14.5. The molecule has 1 saturated heterocycles. The first-order valence-corrected chi connectivity index (χ1v) is 14.2. The highest BCUT2D eigenvalue weighted by atomic mass is 32.2. The fourth-order valence-electron chi connectivity index (χ4n) is 3.78. The van der Waals surface area contributed by atoms with E-state index in [1.165, 1.54) is 20.3 Å². The highest BCUT2D eigenvalue weighted by Crippen LogP contribution is 2.40. The Morgan fingerprint density at radius 3 is 2.10 bits per heavy atom. The van der Waals surface area contributed by atoms with Gasteiger partial charge in [-0.25, -0.2) is 9.97 Å². The molecule has 1 aliphatic rings. The topological polar surface area (TPSA) is 169 Å². The number of nitrogens with zero attached hydrogens (tertiary/aromatic N) is 6. The lowest BCUT2D eigenvalue weighted by Gasteiger charge is -2.34. The lowest BCUT2D eigenvalue weighted by atomic mass is 10.3. The van der Waals surface area contributed by atoms with Gasteiger partial charge in [0.15, 0.2) is 5.16 Å². The second-order valence-corrected chi connectivity index (χ2v) is 9.76. The van der Waals surface area contributed by atoms with E-state index in [-0.39, 0.29) is 16.8 Å². The number of amides is 1. The lowest BCUT2D eigenvalue weighted by Crippen LogP contribution is -2.48. The van der Waals surface area contributed by atoms with Crippen molar-refractivity contribution in [1.82, 2.24) is 24.8 Å². The van der Waals surface area contributed by atoms with Gasteiger partial charge in [-0.15, -0.1) is 0 Å². The molecular weight excluding hydrogens is 568 g/mol. The van der Waals surface area contributed by atoms with Gasteiger partial charge in [-0.1, -0.05) is 6.58 Å². The molecule has 0 spiro atoms. The van der Waals surface area contributed by atoms with Crippen molar-refractivity contribution in [3.63, 3.8) is 0 Å². The summed E-state index contributed by atoms with van der Waals surface area (Å²) in [6, 6.07) is 1.45. The molecule has 3 rings (SSSR count). The quantitative estimate of drug-likeness (QED) is 0.131. The number of nitrogens with two attached hydrogens (primary N) is 1. The molecule has 1 aliphatic heterocycles. The van der Waals surface area contributed by atoms with E-state index in [0.29, 0.717) is 68.9 Å². The second-order valence-electron chi connectivity index (χ2n) is 8.79. The van der Waals surface area contributed by atoms with Crippen LogP contribution in [-0.2, 0) is 23.7 Å². The van der Waals surface area contributed by atoms with Crippen LogP contribution in [0.2, 0.25) is 0 Å². The molecule has 3 heterocycles. The van der Waals surface area contributed by atoms with Crippen LogP contribution in [0.15, 0.2) is 28.8 Å². The maximum absolute atomic E-state index is 11.7. The van der Waals surface area contributed by atoms with Crippen molar-refractivity contribution in [2.24, 2.45) is 0 Å². The van der Waals surface area contributed by atoms with Gasteiger partial charge in [0.2, 0.25) is 23.6 Å². The van der Waals surface area contributed by atoms with Crippen molar-refractivity contribution in [2.75, 3.05) is 116 Å². The summed E-state index contributed by atoms with van der Waals surface area (Å²) in [7, 11) is 4.68. The summed E-state index contributed by atoms with van der Waals surface area (Å²) in [4.78, 5) is 34.4. The molecule has 232 valence electrons. The average molecular weight is 609 g/mol. The van der Waals surface area contributed by atoms with Gasteiger partial charge in [0.05, 0.1) is 60.5 Å². The van der Waals surface area contributed by atoms with Crippen molar-refractivity contribution in [2.45, 2.75) is 10.1 Å².